The second-order valence-corrected chi connectivity index (χ2v) is 10.6. The molecule has 9 heteroatoms. The minimum absolute atomic E-state index is 0.00632. The first-order chi connectivity index (χ1) is 16.1. The lowest BCUT2D eigenvalue weighted by atomic mass is 10.2. The van der Waals surface area contributed by atoms with Gasteiger partial charge in [0.2, 0.25) is 5.91 Å². The molecule has 0 heterocycles. The van der Waals surface area contributed by atoms with Crippen molar-refractivity contribution in [1.29, 1.82) is 0 Å². The Labute approximate surface area is 204 Å². The number of benzene rings is 3. The number of hydrogen-bond donors (Lipinski definition) is 1. The van der Waals surface area contributed by atoms with E-state index < -0.39 is 15.9 Å². The lowest BCUT2D eigenvalue weighted by Gasteiger charge is -2.21. The van der Waals surface area contributed by atoms with Crippen LogP contribution in [0.1, 0.15) is 15.9 Å². The fourth-order valence-corrected chi connectivity index (χ4v) is 5.08. The number of para-hydroxylation sites is 1. The molecule has 0 radical (unpaired) electrons. The Balaban J connectivity index is 1.74. The van der Waals surface area contributed by atoms with Crippen molar-refractivity contribution in [2.24, 2.45) is 0 Å². The number of rotatable bonds is 8. The highest BCUT2D eigenvalue weighted by Gasteiger charge is 2.23. The number of thioether (sulfide) groups is 1. The van der Waals surface area contributed by atoms with Crippen molar-refractivity contribution in [3.8, 4) is 0 Å². The molecule has 0 fully saturated rings. The number of aryl methyl sites for hydroxylation is 1. The van der Waals surface area contributed by atoms with E-state index in [0.29, 0.717) is 11.4 Å². The third-order valence-corrected chi connectivity index (χ3v) is 7.82. The molecule has 3 aromatic carbocycles. The molecule has 0 aliphatic carbocycles. The Bertz CT molecular complexity index is 1290. The summed E-state index contributed by atoms with van der Waals surface area (Å²) in [6.45, 7) is 1.74. The number of hydrogen-bond acceptors (Lipinski definition) is 5. The van der Waals surface area contributed by atoms with Crippen molar-refractivity contribution >= 4 is 45.0 Å². The number of likely N-dealkylation sites (N-methyl/N-ethyl adjacent to an activating group) is 1. The summed E-state index contributed by atoms with van der Waals surface area (Å²) in [5.74, 6) is -0.802. The lowest BCUT2D eigenvalue weighted by molar-refractivity contribution is -0.116. The van der Waals surface area contributed by atoms with Gasteiger partial charge in [-0.25, -0.2) is 8.42 Å². The third kappa shape index (κ3) is 5.78. The molecule has 178 valence electrons. The van der Waals surface area contributed by atoms with Gasteiger partial charge in [-0.3, -0.25) is 13.9 Å². The lowest BCUT2D eigenvalue weighted by Crippen LogP contribution is -2.35. The Morgan fingerprint density at radius 3 is 2.29 bits per heavy atom. The topological polar surface area (TPSA) is 86.8 Å². The monoisotopic (exact) mass is 497 g/mol. The summed E-state index contributed by atoms with van der Waals surface area (Å²) in [6, 6.07) is 20.3. The standard InChI is InChI=1S/C25H27N3O4S2/c1-18-12-14-20(15-13-18)28(3)34(31,32)21-9-7-8-19(16-21)25(30)27(2)17-24(29)26-22-10-5-6-11-23(22)33-4/h5-16H,17H2,1-4H3,(H,26,29). The van der Waals surface area contributed by atoms with Crippen LogP contribution in [0.4, 0.5) is 11.4 Å². The molecule has 0 spiro atoms. The molecule has 3 rings (SSSR count). The van der Waals surface area contributed by atoms with E-state index in [-0.39, 0.29) is 22.9 Å². The second kappa shape index (κ2) is 10.8. The number of carbonyl (C=O) groups is 2. The summed E-state index contributed by atoms with van der Waals surface area (Å²) in [5.41, 5.74) is 2.39. The van der Waals surface area contributed by atoms with E-state index in [2.05, 4.69) is 5.32 Å². The Kier molecular flexibility index (Phi) is 8.01. The zero-order chi connectivity index (χ0) is 24.9. The fraction of sp³-hybridized carbons (Fsp3) is 0.200. The van der Waals surface area contributed by atoms with Crippen molar-refractivity contribution < 1.29 is 18.0 Å². The molecule has 0 saturated carbocycles. The van der Waals surface area contributed by atoms with Crippen LogP contribution in [0.3, 0.4) is 0 Å². The highest BCUT2D eigenvalue weighted by molar-refractivity contribution is 7.98. The predicted octanol–water partition coefficient (Wildman–Crippen LogP) is 4.25. The summed E-state index contributed by atoms with van der Waals surface area (Å²) >= 11 is 1.51. The van der Waals surface area contributed by atoms with Gasteiger partial charge in [-0.1, -0.05) is 35.9 Å². The zero-order valence-electron chi connectivity index (χ0n) is 19.5. The van der Waals surface area contributed by atoms with Gasteiger partial charge < -0.3 is 10.2 Å². The fourth-order valence-electron chi connectivity index (χ4n) is 3.29. The molecule has 0 aliphatic rings. The molecule has 34 heavy (non-hydrogen) atoms. The molecule has 0 aliphatic heterocycles. The van der Waals surface area contributed by atoms with Crippen LogP contribution >= 0.6 is 11.8 Å². The van der Waals surface area contributed by atoms with Gasteiger partial charge in [0.05, 0.1) is 22.8 Å². The maximum Gasteiger partial charge on any atom is 0.264 e. The van der Waals surface area contributed by atoms with Crippen molar-refractivity contribution in [2.75, 3.05) is 36.5 Å². The summed E-state index contributed by atoms with van der Waals surface area (Å²) in [4.78, 5) is 27.6. The smallest absolute Gasteiger partial charge is 0.264 e. The number of carbonyl (C=O) groups excluding carboxylic acids is 2. The summed E-state index contributed by atoms with van der Waals surface area (Å²) in [7, 11) is -0.905. The van der Waals surface area contributed by atoms with Gasteiger partial charge in [-0.15, -0.1) is 11.8 Å². The van der Waals surface area contributed by atoms with Crippen molar-refractivity contribution in [3.05, 3.63) is 83.9 Å². The van der Waals surface area contributed by atoms with Crippen LogP contribution < -0.4 is 9.62 Å². The van der Waals surface area contributed by atoms with E-state index in [1.807, 2.05) is 43.5 Å². The molecule has 0 aromatic heterocycles. The van der Waals surface area contributed by atoms with Gasteiger partial charge in [-0.2, -0.15) is 0 Å². The minimum Gasteiger partial charge on any atom is -0.332 e. The van der Waals surface area contributed by atoms with Crippen LogP contribution in [-0.4, -0.2) is 52.0 Å². The van der Waals surface area contributed by atoms with Crippen LogP contribution in [0.15, 0.2) is 82.6 Å². The molecule has 0 unspecified atom stereocenters. The van der Waals surface area contributed by atoms with E-state index >= 15 is 0 Å². The number of nitrogens with zero attached hydrogens (tertiary/aromatic N) is 2. The molecule has 0 bridgehead atoms. The van der Waals surface area contributed by atoms with Crippen LogP contribution in [0.5, 0.6) is 0 Å². The number of anilines is 2. The quantitative estimate of drug-likeness (QED) is 0.470. The molecule has 0 saturated heterocycles. The van der Waals surface area contributed by atoms with Gasteiger partial charge in [0, 0.05) is 24.6 Å². The average Bonchev–Trinajstić information content (AvgIpc) is 2.83. The van der Waals surface area contributed by atoms with Crippen molar-refractivity contribution in [2.45, 2.75) is 16.7 Å². The van der Waals surface area contributed by atoms with Crippen LogP contribution in [-0.2, 0) is 14.8 Å². The molecule has 3 aromatic rings. The maximum absolute atomic E-state index is 13.1. The number of nitrogens with one attached hydrogen (secondary N) is 1. The Morgan fingerprint density at radius 1 is 0.941 bits per heavy atom. The number of sulfonamides is 1. The van der Waals surface area contributed by atoms with E-state index in [9.17, 15) is 18.0 Å². The van der Waals surface area contributed by atoms with Crippen molar-refractivity contribution in [1.82, 2.24) is 4.90 Å². The number of amides is 2. The van der Waals surface area contributed by atoms with Crippen LogP contribution in [0.2, 0.25) is 0 Å². The van der Waals surface area contributed by atoms with Crippen LogP contribution in [0.25, 0.3) is 0 Å². The van der Waals surface area contributed by atoms with Crippen LogP contribution in [0, 0.1) is 6.92 Å². The third-order valence-electron chi connectivity index (χ3n) is 5.25. The highest BCUT2D eigenvalue weighted by atomic mass is 32.2. The Morgan fingerprint density at radius 2 is 1.62 bits per heavy atom. The molecular weight excluding hydrogens is 470 g/mol. The summed E-state index contributed by atoms with van der Waals surface area (Å²) in [6.07, 6.45) is 1.91. The van der Waals surface area contributed by atoms with E-state index in [1.165, 1.54) is 59.3 Å². The second-order valence-electron chi connectivity index (χ2n) is 7.75. The van der Waals surface area contributed by atoms with E-state index in [4.69, 9.17) is 0 Å². The molecule has 0 atom stereocenters. The first kappa shape index (κ1) is 25.3. The molecule has 2 amide bonds. The van der Waals surface area contributed by atoms with E-state index in [1.54, 1.807) is 18.2 Å². The van der Waals surface area contributed by atoms with Gasteiger partial charge in [0.25, 0.3) is 15.9 Å². The average molecular weight is 498 g/mol. The SMILES string of the molecule is CSc1ccccc1NC(=O)CN(C)C(=O)c1cccc(S(=O)(=O)N(C)c2ccc(C)cc2)c1. The minimum atomic E-state index is -3.88. The summed E-state index contributed by atoms with van der Waals surface area (Å²) < 4.78 is 27.5. The van der Waals surface area contributed by atoms with Gasteiger partial charge in [0.15, 0.2) is 0 Å². The largest absolute Gasteiger partial charge is 0.332 e. The predicted molar refractivity (Wildman–Crippen MR) is 137 cm³/mol. The van der Waals surface area contributed by atoms with Gasteiger partial charge in [0.1, 0.15) is 0 Å². The molecular formula is C25H27N3O4S2. The van der Waals surface area contributed by atoms with Gasteiger partial charge >= 0.3 is 0 Å². The van der Waals surface area contributed by atoms with Crippen molar-refractivity contribution in [3.63, 3.8) is 0 Å². The molecule has 7 nitrogen and oxygen atoms in total. The van der Waals surface area contributed by atoms with E-state index in [0.717, 1.165) is 10.5 Å². The normalized spacial score (nSPS) is 11.1. The maximum atomic E-state index is 13.1. The van der Waals surface area contributed by atoms with Gasteiger partial charge in [-0.05, 0) is 55.6 Å². The molecule has 1 N–H and O–H groups in total. The Hall–Kier alpha value is -3.30. The highest BCUT2D eigenvalue weighted by Crippen LogP contribution is 2.25. The first-order valence-corrected chi connectivity index (χ1v) is 13.1. The first-order valence-electron chi connectivity index (χ1n) is 10.5. The zero-order valence-corrected chi connectivity index (χ0v) is 21.1. The summed E-state index contributed by atoms with van der Waals surface area (Å²) in [5, 5.41) is 2.82.